The molecule has 0 saturated heterocycles. The molecule has 0 heterocycles. The van der Waals surface area contributed by atoms with Crippen molar-refractivity contribution in [3.63, 3.8) is 0 Å². The predicted octanol–water partition coefficient (Wildman–Crippen LogP) is 2.22. The minimum atomic E-state index is 0.352. The third-order valence-electron chi connectivity index (χ3n) is 3.18. The van der Waals surface area contributed by atoms with Crippen molar-refractivity contribution in [2.75, 3.05) is 44.4 Å². The van der Waals surface area contributed by atoms with E-state index in [4.69, 9.17) is 8.92 Å². The van der Waals surface area contributed by atoms with Gasteiger partial charge in [0.15, 0.2) is 0 Å². The van der Waals surface area contributed by atoms with Gasteiger partial charge in [-0.15, -0.1) is 0 Å². The second-order valence-electron chi connectivity index (χ2n) is 5.03. The molecule has 3 atom stereocenters. The first-order valence-electron chi connectivity index (χ1n) is 7.34. The van der Waals surface area contributed by atoms with Crippen molar-refractivity contribution < 1.29 is 8.92 Å². The summed E-state index contributed by atoms with van der Waals surface area (Å²) in [6.45, 7) is 8.70. The van der Waals surface area contributed by atoms with Crippen molar-refractivity contribution in [2.24, 2.45) is 5.92 Å². The summed E-state index contributed by atoms with van der Waals surface area (Å²) in [5, 5.41) is 6.77. The summed E-state index contributed by atoms with van der Waals surface area (Å²) < 4.78 is 10.8. The molecule has 120 valence electrons. The van der Waals surface area contributed by atoms with Gasteiger partial charge in [0.1, 0.15) is 0 Å². The van der Waals surface area contributed by atoms with Crippen molar-refractivity contribution in [1.82, 2.24) is 10.6 Å². The maximum Gasteiger partial charge on any atom is 0.0748 e. The van der Waals surface area contributed by atoms with Crippen molar-refractivity contribution in [1.29, 1.82) is 0 Å². The lowest BCUT2D eigenvalue weighted by Crippen LogP contribution is -2.23. The standard InChI is InChI=1S/C13H28N2O2S3/c1-3-14-4-6-16-11(2)9-19-10-12-8-13(12)15-5-7-17-20-18/h11-15,18H,3-10H2,1-2H3. The molecule has 20 heavy (non-hydrogen) atoms. The first-order valence-corrected chi connectivity index (χ1v) is 10.3. The van der Waals surface area contributed by atoms with Gasteiger partial charge in [0.05, 0.1) is 30.4 Å². The molecule has 0 spiro atoms. The van der Waals surface area contributed by atoms with E-state index in [1.807, 2.05) is 11.8 Å². The number of ether oxygens (including phenoxy) is 1. The number of likely N-dealkylation sites (N-methyl/N-ethyl adjacent to an activating group) is 1. The third kappa shape index (κ3) is 9.76. The molecule has 0 bridgehead atoms. The average Bonchev–Trinajstić information content (AvgIpc) is 3.18. The van der Waals surface area contributed by atoms with Crippen LogP contribution >= 0.6 is 34.5 Å². The number of thiol groups is 1. The van der Waals surface area contributed by atoms with E-state index in [1.165, 1.54) is 12.2 Å². The summed E-state index contributed by atoms with van der Waals surface area (Å²) in [6.07, 6.45) is 1.65. The van der Waals surface area contributed by atoms with Gasteiger partial charge >= 0.3 is 0 Å². The molecular formula is C13H28N2O2S3. The summed E-state index contributed by atoms with van der Waals surface area (Å²) >= 11 is 7.07. The van der Waals surface area contributed by atoms with Gasteiger partial charge in [0, 0.05) is 24.9 Å². The lowest BCUT2D eigenvalue weighted by molar-refractivity contribution is 0.0842. The Morgan fingerprint density at radius 3 is 2.95 bits per heavy atom. The van der Waals surface area contributed by atoms with Crippen LogP contribution in [0.25, 0.3) is 0 Å². The highest BCUT2D eigenvalue weighted by Gasteiger charge is 2.35. The van der Waals surface area contributed by atoms with Crippen LogP contribution in [0.1, 0.15) is 20.3 Å². The number of thioether (sulfide) groups is 1. The van der Waals surface area contributed by atoms with Gasteiger partial charge in [0.25, 0.3) is 0 Å². The van der Waals surface area contributed by atoms with Gasteiger partial charge in [-0.05, 0) is 31.6 Å². The van der Waals surface area contributed by atoms with E-state index in [1.54, 1.807) is 0 Å². The topological polar surface area (TPSA) is 42.5 Å². The normalized spacial score (nSPS) is 22.9. The largest absolute Gasteiger partial charge is 0.376 e. The summed E-state index contributed by atoms with van der Waals surface area (Å²) in [4.78, 5) is 0. The van der Waals surface area contributed by atoms with Crippen LogP contribution in [-0.2, 0) is 8.92 Å². The number of nitrogens with one attached hydrogen (secondary N) is 2. The fourth-order valence-electron chi connectivity index (χ4n) is 1.95. The monoisotopic (exact) mass is 340 g/mol. The second kappa shape index (κ2) is 12.4. The van der Waals surface area contributed by atoms with Crippen LogP contribution in [0, 0.1) is 5.92 Å². The van der Waals surface area contributed by atoms with E-state index in [9.17, 15) is 0 Å². The van der Waals surface area contributed by atoms with Crippen LogP contribution < -0.4 is 10.6 Å². The fourth-order valence-corrected chi connectivity index (χ4v) is 3.56. The zero-order chi connectivity index (χ0) is 14.6. The highest BCUT2D eigenvalue weighted by molar-refractivity contribution is 8.66. The van der Waals surface area contributed by atoms with Crippen molar-refractivity contribution in [3.8, 4) is 0 Å². The molecule has 2 N–H and O–H groups in total. The molecule has 0 aromatic rings. The van der Waals surface area contributed by atoms with E-state index < -0.39 is 0 Å². The molecule has 1 fully saturated rings. The molecule has 0 amide bonds. The Bertz CT molecular complexity index is 238. The fraction of sp³-hybridized carbons (Fsp3) is 1.00. The van der Waals surface area contributed by atoms with Crippen LogP contribution in [0.5, 0.6) is 0 Å². The number of hydrogen-bond acceptors (Lipinski definition) is 7. The summed E-state index contributed by atoms with van der Waals surface area (Å²) in [7, 11) is 0. The molecular weight excluding hydrogens is 312 g/mol. The lowest BCUT2D eigenvalue weighted by atomic mass is 10.4. The molecule has 4 nitrogen and oxygen atoms in total. The molecule has 3 unspecified atom stereocenters. The molecule has 1 rings (SSSR count). The van der Waals surface area contributed by atoms with Crippen molar-refractivity contribution in [2.45, 2.75) is 32.4 Å². The van der Waals surface area contributed by atoms with Gasteiger partial charge in [-0.1, -0.05) is 18.6 Å². The molecule has 1 aliphatic rings. The van der Waals surface area contributed by atoms with Crippen molar-refractivity contribution >= 4 is 34.5 Å². The maximum atomic E-state index is 5.74. The lowest BCUT2D eigenvalue weighted by Gasteiger charge is -2.12. The summed E-state index contributed by atoms with van der Waals surface area (Å²) in [5.41, 5.74) is 0. The number of hydrogen-bond donors (Lipinski definition) is 3. The molecule has 0 aromatic heterocycles. The van der Waals surface area contributed by atoms with Crippen LogP contribution in [0.2, 0.25) is 0 Å². The van der Waals surface area contributed by atoms with Crippen LogP contribution in [0.15, 0.2) is 0 Å². The minimum Gasteiger partial charge on any atom is -0.376 e. The molecule has 7 heteroatoms. The van der Waals surface area contributed by atoms with E-state index >= 15 is 0 Å². The van der Waals surface area contributed by atoms with Gasteiger partial charge in [-0.25, -0.2) is 0 Å². The smallest absolute Gasteiger partial charge is 0.0748 e. The van der Waals surface area contributed by atoms with Crippen LogP contribution in [-0.4, -0.2) is 56.5 Å². The van der Waals surface area contributed by atoms with Gasteiger partial charge in [-0.2, -0.15) is 11.8 Å². The van der Waals surface area contributed by atoms with E-state index in [-0.39, 0.29) is 0 Å². The quantitative estimate of drug-likeness (QED) is 0.195. The van der Waals surface area contributed by atoms with Crippen LogP contribution in [0.3, 0.4) is 0 Å². The Labute approximate surface area is 136 Å². The Morgan fingerprint density at radius 1 is 1.35 bits per heavy atom. The Hall–Kier alpha value is 0.890. The summed E-state index contributed by atoms with van der Waals surface area (Å²) in [6, 6.07) is 0.695. The zero-order valence-corrected chi connectivity index (χ0v) is 15.0. The second-order valence-corrected chi connectivity index (χ2v) is 6.93. The Morgan fingerprint density at radius 2 is 2.20 bits per heavy atom. The highest BCUT2D eigenvalue weighted by Crippen LogP contribution is 2.33. The third-order valence-corrected chi connectivity index (χ3v) is 5.14. The maximum absolute atomic E-state index is 5.74. The van der Waals surface area contributed by atoms with E-state index in [0.717, 1.165) is 55.6 Å². The first-order chi connectivity index (χ1) is 9.77. The van der Waals surface area contributed by atoms with Crippen LogP contribution in [0.4, 0.5) is 0 Å². The van der Waals surface area contributed by atoms with Gasteiger partial charge in [-0.3, -0.25) is 0 Å². The zero-order valence-electron chi connectivity index (χ0n) is 12.5. The van der Waals surface area contributed by atoms with E-state index in [0.29, 0.717) is 12.1 Å². The molecule has 0 aliphatic heterocycles. The van der Waals surface area contributed by atoms with Crippen molar-refractivity contribution in [3.05, 3.63) is 0 Å². The molecule has 1 aliphatic carbocycles. The Kier molecular flexibility index (Phi) is 11.8. The van der Waals surface area contributed by atoms with Gasteiger partial charge < -0.3 is 19.6 Å². The SMILES string of the molecule is CCNCCOC(C)CSCC1CC1NCCOSS. The molecule has 0 aromatic carbocycles. The predicted molar refractivity (Wildman–Crippen MR) is 93.7 cm³/mol. The summed E-state index contributed by atoms with van der Waals surface area (Å²) in [5.74, 6) is 3.16. The molecule has 0 radical (unpaired) electrons. The number of rotatable bonds is 14. The van der Waals surface area contributed by atoms with E-state index in [2.05, 4.69) is 36.1 Å². The van der Waals surface area contributed by atoms with Gasteiger partial charge in [0.2, 0.25) is 0 Å². The highest BCUT2D eigenvalue weighted by atomic mass is 33.1. The first kappa shape index (κ1) is 18.9. The minimum absolute atomic E-state index is 0.352. The molecule has 1 saturated carbocycles. The Balaban J connectivity index is 1.85. The average molecular weight is 341 g/mol.